The second-order valence-corrected chi connectivity index (χ2v) is 2.93. The average Bonchev–Trinajstić information content (AvgIpc) is 2.19. The Morgan fingerprint density at radius 2 is 2.21 bits per heavy atom. The molecule has 0 radical (unpaired) electrons. The second kappa shape index (κ2) is 5.39. The SMILES string of the molecule is CCOCCN(C)c1ccc(N)nn1. The van der Waals surface area contributed by atoms with Gasteiger partial charge in [0.1, 0.15) is 5.82 Å². The normalized spacial score (nSPS) is 10.1. The molecule has 0 spiro atoms. The summed E-state index contributed by atoms with van der Waals surface area (Å²) in [6.07, 6.45) is 0. The molecule has 1 aromatic heterocycles. The highest BCUT2D eigenvalue weighted by Gasteiger charge is 2.01. The Morgan fingerprint density at radius 3 is 2.79 bits per heavy atom. The van der Waals surface area contributed by atoms with Crippen molar-refractivity contribution in [3.05, 3.63) is 12.1 Å². The van der Waals surface area contributed by atoms with Gasteiger partial charge in [0.15, 0.2) is 5.82 Å². The molecule has 0 saturated carbocycles. The molecule has 0 unspecified atom stereocenters. The third kappa shape index (κ3) is 3.18. The first-order chi connectivity index (χ1) is 6.74. The Morgan fingerprint density at radius 1 is 1.43 bits per heavy atom. The predicted molar refractivity (Wildman–Crippen MR) is 56.2 cm³/mol. The van der Waals surface area contributed by atoms with E-state index in [2.05, 4.69) is 10.2 Å². The second-order valence-electron chi connectivity index (χ2n) is 2.93. The first-order valence-electron chi connectivity index (χ1n) is 4.62. The summed E-state index contributed by atoms with van der Waals surface area (Å²) in [6.45, 7) is 4.20. The highest BCUT2D eigenvalue weighted by molar-refractivity contribution is 5.40. The van der Waals surface area contributed by atoms with Gasteiger partial charge >= 0.3 is 0 Å². The first-order valence-corrected chi connectivity index (χ1v) is 4.62. The van der Waals surface area contributed by atoms with Crippen LogP contribution in [0.5, 0.6) is 0 Å². The molecule has 0 aromatic carbocycles. The number of likely N-dealkylation sites (N-methyl/N-ethyl adjacent to an activating group) is 1. The van der Waals surface area contributed by atoms with Crippen molar-refractivity contribution < 1.29 is 4.74 Å². The zero-order valence-corrected chi connectivity index (χ0v) is 8.60. The number of rotatable bonds is 5. The Bertz CT molecular complexity index is 262. The van der Waals surface area contributed by atoms with Gasteiger partial charge in [-0.1, -0.05) is 0 Å². The van der Waals surface area contributed by atoms with Crippen LogP contribution in [0.3, 0.4) is 0 Å². The third-order valence-corrected chi connectivity index (χ3v) is 1.84. The van der Waals surface area contributed by atoms with Gasteiger partial charge in [0.25, 0.3) is 0 Å². The summed E-state index contributed by atoms with van der Waals surface area (Å²) < 4.78 is 5.23. The fourth-order valence-electron chi connectivity index (χ4n) is 0.999. The zero-order chi connectivity index (χ0) is 10.4. The molecule has 0 atom stereocenters. The number of nitrogens with zero attached hydrogens (tertiary/aromatic N) is 3. The van der Waals surface area contributed by atoms with Gasteiger partial charge in [0.05, 0.1) is 6.61 Å². The molecule has 1 aromatic rings. The van der Waals surface area contributed by atoms with Crippen LogP contribution >= 0.6 is 0 Å². The Kier molecular flexibility index (Phi) is 4.12. The van der Waals surface area contributed by atoms with Crippen molar-refractivity contribution in [1.82, 2.24) is 10.2 Å². The number of nitrogens with two attached hydrogens (primary N) is 1. The lowest BCUT2D eigenvalue weighted by Gasteiger charge is -2.16. The van der Waals surface area contributed by atoms with Crippen LogP contribution in [-0.2, 0) is 4.74 Å². The molecular weight excluding hydrogens is 180 g/mol. The number of nitrogen functional groups attached to an aromatic ring is 1. The van der Waals surface area contributed by atoms with Gasteiger partial charge in [0.2, 0.25) is 0 Å². The van der Waals surface area contributed by atoms with E-state index in [-0.39, 0.29) is 0 Å². The summed E-state index contributed by atoms with van der Waals surface area (Å²) in [7, 11) is 1.94. The number of hydrogen-bond donors (Lipinski definition) is 1. The van der Waals surface area contributed by atoms with E-state index in [1.54, 1.807) is 6.07 Å². The number of hydrogen-bond acceptors (Lipinski definition) is 5. The standard InChI is InChI=1S/C9H16N4O/c1-3-14-7-6-13(2)9-5-4-8(10)11-12-9/h4-5H,3,6-7H2,1-2H3,(H2,10,11). The summed E-state index contributed by atoms with van der Waals surface area (Å²) in [4.78, 5) is 1.97. The predicted octanol–water partition coefficient (Wildman–Crippen LogP) is 0.531. The quantitative estimate of drug-likeness (QED) is 0.696. The van der Waals surface area contributed by atoms with E-state index in [1.807, 2.05) is 24.9 Å². The largest absolute Gasteiger partial charge is 0.382 e. The van der Waals surface area contributed by atoms with Gasteiger partial charge in [-0.05, 0) is 19.1 Å². The van der Waals surface area contributed by atoms with Gasteiger partial charge in [-0.2, -0.15) is 0 Å². The van der Waals surface area contributed by atoms with E-state index < -0.39 is 0 Å². The lowest BCUT2D eigenvalue weighted by molar-refractivity contribution is 0.154. The van der Waals surface area contributed by atoms with Crippen LogP contribution in [0.4, 0.5) is 11.6 Å². The highest BCUT2D eigenvalue weighted by atomic mass is 16.5. The molecule has 0 aliphatic rings. The van der Waals surface area contributed by atoms with Crippen molar-refractivity contribution in [2.45, 2.75) is 6.92 Å². The molecule has 0 amide bonds. The summed E-state index contributed by atoms with van der Waals surface area (Å²) in [5.74, 6) is 1.24. The summed E-state index contributed by atoms with van der Waals surface area (Å²) in [6, 6.07) is 3.58. The van der Waals surface area contributed by atoms with Crippen LogP contribution in [0, 0.1) is 0 Å². The van der Waals surface area contributed by atoms with E-state index in [9.17, 15) is 0 Å². The third-order valence-electron chi connectivity index (χ3n) is 1.84. The van der Waals surface area contributed by atoms with Gasteiger partial charge in [-0.25, -0.2) is 0 Å². The number of aromatic nitrogens is 2. The van der Waals surface area contributed by atoms with E-state index in [4.69, 9.17) is 10.5 Å². The number of ether oxygens (including phenoxy) is 1. The lowest BCUT2D eigenvalue weighted by Crippen LogP contribution is -2.23. The minimum absolute atomic E-state index is 0.437. The van der Waals surface area contributed by atoms with Gasteiger partial charge in [-0.3, -0.25) is 0 Å². The van der Waals surface area contributed by atoms with Gasteiger partial charge in [-0.15, -0.1) is 10.2 Å². The smallest absolute Gasteiger partial charge is 0.151 e. The minimum Gasteiger partial charge on any atom is -0.382 e. The van der Waals surface area contributed by atoms with Crippen molar-refractivity contribution >= 4 is 11.6 Å². The zero-order valence-electron chi connectivity index (χ0n) is 8.60. The van der Waals surface area contributed by atoms with Crippen molar-refractivity contribution in [1.29, 1.82) is 0 Å². The molecule has 0 saturated heterocycles. The van der Waals surface area contributed by atoms with Crippen molar-refractivity contribution in [2.75, 3.05) is 37.4 Å². The van der Waals surface area contributed by atoms with Crippen LogP contribution in [0.2, 0.25) is 0 Å². The van der Waals surface area contributed by atoms with Crippen LogP contribution in [0.15, 0.2) is 12.1 Å². The number of anilines is 2. The Labute approximate surface area is 83.9 Å². The molecule has 1 heterocycles. The van der Waals surface area contributed by atoms with Crippen molar-refractivity contribution in [3.63, 3.8) is 0 Å². The molecule has 2 N–H and O–H groups in total. The monoisotopic (exact) mass is 196 g/mol. The molecule has 1 rings (SSSR count). The first kappa shape index (κ1) is 10.7. The van der Waals surface area contributed by atoms with Crippen molar-refractivity contribution in [2.24, 2.45) is 0 Å². The molecule has 5 nitrogen and oxygen atoms in total. The Balaban J connectivity index is 2.43. The summed E-state index contributed by atoms with van der Waals surface area (Å²) >= 11 is 0. The highest BCUT2D eigenvalue weighted by Crippen LogP contribution is 2.07. The molecule has 0 aliphatic heterocycles. The van der Waals surface area contributed by atoms with E-state index >= 15 is 0 Å². The molecule has 0 fully saturated rings. The van der Waals surface area contributed by atoms with E-state index in [1.165, 1.54) is 0 Å². The fraction of sp³-hybridized carbons (Fsp3) is 0.556. The van der Waals surface area contributed by atoms with Gasteiger partial charge < -0.3 is 15.4 Å². The lowest BCUT2D eigenvalue weighted by atomic mass is 10.4. The fourth-order valence-corrected chi connectivity index (χ4v) is 0.999. The molecule has 0 bridgehead atoms. The minimum atomic E-state index is 0.437. The summed E-state index contributed by atoms with van der Waals surface area (Å²) in [5, 5.41) is 7.73. The summed E-state index contributed by atoms with van der Waals surface area (Å²) in [5.41, 5.74) is 5.43. The average molecular weight is 196 g/mol. The van der Waals surface area contributed by atoms with Crippen LogP contribution < -0.4 is 10.6 Å². The van der Waals surface area contributed by atoms with Crippen LogP contribution in [0.25, 0.3) is 0 Å². The topological polar surface area (TPSA) is 64.3 Å². The molecule has 0 aliphatic carbocycles. The van der Waals surface area contributed by atoms with Crippen LogP contribution in [0.1, 0.15) is 6.92 Å². The molecule has 14 heavy (non-hydrogen) atoms. The maximum Gasteiger partial charge on any atom is 0.151 e. The Hall–Kier alpha value is -1.36. The van der Waals surface area contributed by atoms with E-state index in [0.717, 1.165) is 19.0 Å². The molecule has 78 valence electrons. The maximum atomic E-state index is 5.43. The molecule has 5 heteroatoms. The van der Waals surface area contributed by atoms with Crippen molar-refractivity contribution in [3.8, 4) is 0 Å². The molecular formula is C9H16N4O. The maximum absolute atomic E-state index is 5.43. The van der Waals surface area contributed by atoms with Crippen LogP contribution in [-0.4, -0.2) is 37.0 Å². The van der Waals surface area contributed by atoms with E-state index in [0.29, 0.717) is 12.4 Å². The van der Waals surface area contributed by atoms with Gasteiger partial charge in [0, 0.05) is 20.2 Å².